The fourth-order valence-corrected chi connectivity index (χ4v) is 5.78. The van der Waals surface area contributed by atoms with Crippen LogP contribution in [0.5, 0.6) is 0 Å². The van der Waals surface area contributed by atoms with Crippen molar-refractivity contribution >= 4 is 41.7 Å². The van der Waals surface area contributed by atoms with E-state index in [0.717, 1.165) is 31.2 Å². The van der Waals surface area contributed by atoms with Gasteiger partial charge in [-0.05, 0) is 61.4 Å². The molecule has 0 N–H and O–H groups in total. The minimum absolute atomic E-state index is 0.308. The molecule has 31 heavy (non-hydrogen) atoms. The number of benzene rings is 4. The van der Waals surface area contributed by atoms with Gasteiger partial charge in [0.05, 0.1) is 9.79 Å². The van der Waals surface area contributed by atoms with Crippen LogP contribution in [0, 0.1) is 13.8 Å². The summed E-state index contributed by atoms with van der Waals surface area (Å²) < 4.78 is 29.8. The Hall–Kier alpha value is -2.21. The number of sulfone groups is 1. The highest BCUT2D eigenvalue weighted by molar-refractivity contribution is 9.10. The van der Waals surface area contributed by atoms with E-state index in [0.29, 0.717) is 20.9 Å². The standard InChI is InChI=1S/C26H20Br2O2S/c1-17-3-13-25(23(15-17)19-5-9-21(27)10-6-19)31(29,30)26-14-4-18(2)16-24(26)20-7-11-22(28)12-8-20/h3-16H,1-2H3. The van der Waals surface area contributed by atoms with Crippen molar-refractivity contribution in [3.05, 3.63) is 105 Å². The van der Waals surface area contributed by atoms with E-state index in [4.69, 9.17) is 0 Å². The molecule has 0 amide bonds. The predicted molar refractivity (Wildman–Crippen MR) is 134 cm³/mol. The molecule has 0 bridgehead atoms. The first kappa shape index (κ1) is 22.0. The lowest BCUT2D eigenvalue weighted by atomic mass is 10.0. The first-order valence-corrected chi connectivity index (χ1v) is 12.8. The van der Waals surface area contributed by atoms with Gasteiger partial charge in [-0.25, -0.2) is 8.42 Å². The average molecular weight is 556 g/mol. The summed E-state index contributed by atoms with van der Waals surface area (Å²) in [6, 6.07) is 26.4. The smallest absolute Gasteiger partial charge is 0.207 e. The zero-order valence-electron chi connectivity index (χ0n) is 17.1. The molecule has 0 saturated heterocycles. The predicted octanol–water partition coefficient (Wildman–Crippen LogP) is 8.00. The maximum atomic E-state index is 14.0. The molecule has 0 aliphatic carbocycles. The molecule has 4 rings (SSSR count). The van der Waals surface area contributed by atoms with Crippen molar-refractivity contribution in [3.63, 3.8) is 0 Å². The Labute approximate surface area is 200 Å². The van der Waals surface area contributed by atoms with Crippen LogP contribution in [0.4, 0.5) is 0 Å². The zero-order valence-corrected chi connectivity index (χ0v) is 21.1. The van der Waals surface area contributed by atoms with Gasteiger partial charge in [-0.15, -0.1) is 0 Å². The highest BCUT2D eigenvalue weighted by Gasteiger charge is 2.25. The monoisotopic (exact) mass is 554 g/mol. The van der Waals surface area contributed by atoms with Crippen molar-refractivity contribution < 1.29 is 8.42 Å². The molecule has 4 aromatic carbocycles. The van der Waals surface area contributed by atoms with Gasteiger partial charge >= 0.3 is 0 Å². The molecule has 0 aliphatic heterocycles. The number of halogens is 2. The maximum absolute atomic E-state index is 14.0. The third-order valence-corrected chi connectivity index (χ3v) is 8.09. The largest absolute Gasteiger partial charge is 0.218 e. The first-order chi connectivity index (χ1) is 14.8. The Balaban J connectivity index is 1.95. The van der Waals surface area contributed by atoms with Crippen molar-refractivity contribution in [1.29, 1.82) is 0 Å². The van der Waals surface area contributed by atoms with E-state index >= 15 is 0 Å². The van der Waals surface area contributed by atoms with Crippen LogP contribution in [0.25, 0.3) is 22.3 Å². The molecular weight excluding hydrogens is 536 g/mol. The van der Waals surface area contributed by atoms with E-state index in [1.54, 1.807) is 12.1 Å². The fourth-order valence-electron chi connectivity index (χ4n) is 3.58. The Kier molecular flexibility index (Phi) is 6.20. The Bertz CT molecular complexity index is 1260. The van der Waals surface area contributed by atoms with Crippen LogP contribution < -0.4 is 0 Å². The van der Waals surface area contributed by atoms with Crippen molar-refractivity contribution in [2.24, 2.45) is 0 Å². The second kappa shape index (κ2) is 8.73. The van der Waals surface area contributed by atoms with Gasteiger partial charge in [0.25, 0.3) is 0 Å². The Morgan fingerprint density at radius 1 is 0.548 bits per heavy atom. The number of hydrogen-bond acceptors (Lipinski definition) is 2. The fraction of sp³-hybridized carbons (Fsp3) is 0.0769. The van der Waals surface area contributed by atoms with Gasteiger partial charge in [0.15, 0.2) is 0 Å². The molecule has 0 radical (unpaired) electrons. The Morgan fingerprint density at radius 3 is 1.26 bits per heavy atom. The summed E-state index contributed by atoms with van der Waals surface area (Å²) in [5.41, 5.74) is 5.15. The van der Waals surface area contributed by atoms with E-state index in [1.807, 2.05) is 86.6 Å². The van der Waals surface area contributed by atoms with Crippen LogP contribution in [0.3, 0.4) is 0 Å². The van der Waals surface area contributed by atoms with E-state index in [-0.39, 0.29) is 0 Å². The molecule has 156 valence electrons. The summed E-state index contributed by atoms with van der Waals surface area (Å²) >= 11 is 6.91. The maximum Gasteiger partial charge on any atom is 0.207 e. The molecule has 2 nitrogen and oxygen atoms in total. The van der Waals surface area contributed by atoms with Crippen molar-refractivity contribution in [2.45, 2.75) is 23.6 Å². The minimum Gasteiger partial charge on any atom is -0.218 e. The summed E-state index contributed by atoms with van der Waals surface area (Å²) in [5, 5.41) is 0. The van der Waals surface area contributed by atoms with E-state index < -0.39 is 9.84 Å². The number of rotatable bonds is 4. The third kappa shape index (κ3) is 4.54. The summed E-state index contributed by atoms with van der Waals surface area (Å²) in [7, 11) is -3.77. The van der Waals surface area contributed by atoms with Gasteiger partial charge in [0.1, 0.15) is 0 Å². The van der Waals surface area contributed by atoms with Crippen molar-refractivity contribution in [3.8, 4) is 22.3 Å². The highest BCUT2D eigenvalue weighted by Crippen LogP contribution is 2.37. The summed E-state index contributed by atoms with van der Waals surface area (Å²) in [6.07, 6.45) is 0. The second-order valence-corrected chi connectivity index (χ2v) is 11.2. The van der Waals surface area contributed by atoms with Gasteiger partial charge in [-0.3, -0.25) is 0 Å². The van der Waals surface area contributed by atoms with Crippen LogP contribution in [0.1, 0.15) is 11.1 Å². The van der Waals surface area contributed by atoms with Gasteiger partial charge in [-0.2, -0.15) is 0 Å². The van der Waals surface area contributed by atoms with Gasteiger partial charge in [-0.1, -0.05) is 91.5 Å². The lowest BCUT2D eigenvalue weighted by Gasteiger charge is -2.16. The van der Waals surface area contributed by atoms with Crippen LogP contribution in [0.2, 0.25) is 0 Å². The molecule has 0 heterocycles. The molecule has 0 aromatic heterocycles. The van der Waals surface area contributed by atoms with E-state index in [9.17, 15) is 8.42 Å². The van der Waals surface area contributed by atoms with Crippen LogP contribution in [0.15, 0.2) is 104 Å². The topological polar surface area (TPSA) is 34.1 Å². The first-order valence-electron chi connectivity index (χ1n) is 9.74. The summed E-state index contributed by atoms with van der Waals surface area (Å²) in [6.45, 7) is 3.94. The second-order valence-electron chi connectivity index (χ2n) is 7.52. The lowest BCUT2D eigenvalue weighted by Crippen LogP contribution is -2.06. The number of hydrogen-bond donors (Lipinski definition) is 0. The van der Waals surface area contributed by atoms with Crippen molar-refractivity contribution in [2.75, 3.05) is 0 Å². The van der Waals surface area contributed by atoms with Crippen molar-refractivity contribution in [1.82, 2.24) is 0 Å². The zero-order chi connectivity index (χ0) is 22.2. The average Bonchev–Trinajstić information content (AvgIpc) is 2.74. The van der Waals surface area contributed by atoms with E-state index in [2.05, 4.69) is 31.9 Å². The molecule has 0 aliphatic rings. The normalized spacial score (nSPS) is 11.5. The molecule has 0 unspecified atom stereocenters. The number of aryl methyl sites for hydroxylation is 2. The highest BCUT2D eigenvalue weighted by atomic mass is 79.9. The lowest BCUT2D eigenvalue weighted by molar-refractivity contribution is 0.596. The third-order valence-electron chi connectivity index (χ3n) is 5.16. The van der Waals surface area contributed by atoms with Crippen LogP contribution >= 0.6 is 31.9 Å². The SMILES string of the molecule is Cc1ccc(S(=O)(=O)c2ccc(C)cc2-c2ccc(Br)cc2)c(-c2ccc(Br)cc2)c1. The molecular formula is C26H20Br2O2S. The molecule has 0 atom stereocenters. The molecule has 0 fully saturated rings. The quantitative estimate of drug-likeness (QED) is 0.255. The molecule has 4 aromatic rings. The van der Waals surface area contributed by atoms with Crippen LogP contribution in [-0.2, 0) is 9.84 Å². The molecule has 5 heteroatoms. The summed E-state index contributed by atoms with van der Waals surface area (Å²) in [4.78, 5) is 0.616. The Morgan fingerprint density at radius 2 is 0.903 bits per heavy atom. The molecule has 0 saturated carbocycles. The van der Waals surface area contributed by atoms with Gasteiger partial charge in [0, 0.05) is 20.1 Å². The van der Waals surface area contributed by atoms with Crippen LogP contribution in [-0.4, -0.2) is 8.42 Å². The van der Waals surface area contributed by atoms with E-state index in [1.165, 1.54) is 0 Å². The molecule has 0 spiro atoms. The van der Waals surface area contributed by atoms with Gasteiger partial charge in [0.2, 0.25) is 9.84 Å². The van der Waals surface area contributed by atoms with Gasteiger partial charge < -0.3 is 0 Å². The summed E-state index contributed by atoms with van der Waals surface area (Å²) in [5.74, 6) is 0. The minimum atomic E-state index is -3.77.